The van der Waals surface area contributed by atoms with Crippen LogP contribution in [0.1, 0.15) is 27.7 Å². The fraction of sp³-hybridized carbons (Fsp3) is 0.700. The van der Waals surface area contributed by atoms with Gasteiger partial charge in [0.1, 0.15) is 0 Å². The second-order valence-corrected chi connectivity index (χ2v) is 5.88. The van der Waals surface area contributed by atoms with Gasteiger partial charge in [0.15, 0.2) is 5.16 Å². The Bertz CT molecular complexity index is 251. The van der Waals surface area contributed by atoms with E-state index in [9.17, 15) is 0 Å². The van der Waals surface area contributed by atoms with Crippen molar-refractivity contribution in [3.05, 3.63) is 12.4 Å². The summed E-state index contributed by atoms with van der Waals surface area (Å²) in [6.45, 7) is 9.73. The Morgan fingerprint density at radius 3 is 2.79 bits per heavy atom. The third kappa shape index (κ3) is 4.67. The number of hydrogen-bond acceptors (Lipinski definition) is 3. The standard InChI is InChI=1S/C10H19N3S/c1-8(7-13-10(2,3)4)14-9-11-5-6-12-9/h5-6,8,13H,7H2,1-4H3,(H,11,12). The summed E-state index contributed by atoms with van der Waals surface area (Å²) in [5.41, 5.74) is 0.192. The topological polar surface area (TPSA) is 40.7 Å². The fourth-order valence-corrected chi connectivity index (χ4v) is 1.80. The molecule has 0 aliphatic carbocycles. The molecular weight excluding hydrogens is 194 g/mol. The third-order valence-electron chi connectivity index (χ3n) is 1.71. The Labute approximate surface area is 90.1 Å². The van der Waals surface area contributed by atoms with Crippen molar-refractivity contribution in [3.8, 4) is 0 Å². The lowest BCUT2D eigenvalue weighted by Gasteiger charge is -2.22. The van der Waals surface area contributed by atoms with Crippen LogP contribution < -0.4 is 5.32 Å². The van der Waals surface area contributed by atoms with E-state index in [4.69, 9.17) is 0 Å². The maximum absolute atomic E-state index is 4.18. The number of nitrogens with zero attached hydrogens (tertiary/aromatic N) is 1. The molecule has 0 fully saturated rings. The first kappa shape index (κ1) is 11.6. The Kier molecular flexibility index (Phi) is 4.01. The number of rotatable bonds is 4. The van der Waals surface area contributed by atoms with E-state index < -0.39 is 0 Å². The molecule has 0 spiro atoms. The largest absolute Gasteiger partial charge is 0.340 e. The van der Waals surface area contributed by atoms with Gasteiger partial charge in [-0.15, -0.1) is 0 Å². The molecule has 0 saturated carbocycles. The van der Waals surface area contributed by atoms with Crippen LogP contribution in [0, 0.1) is 0 Å². The quantitative estimate of drug-likeness (QED) is 0.754. The molecule has 0 aromatic carbocycles. The Hall–Kier alpha value is -0.480. The molecule has 1 rings (SSSR count). The lowest BCUT2D eigenvalue weighted by Crippen LogP contribution is -2.39. The maximum Gasteiger partial charge on any atom is 0.165 e. The van der Waals surface area contributed by atoms with Gasteiger partial charge in [-0.05, 0) is 20.8 Å². The zero-order chi connectivity index (χ0) is 10.6. The highest BCUT2D eigenvalue weighted by Crippen LogP contribution is 2.18. The molecule has 0 aliphatic rings. The summed E-state index contributed by atoms with van der Waals surface area (Å²) in [7, 11) is 0. The molecule has 0 bridgehead atoms. The number of aromatic amines is 1. The number of hydrogen-bond donors (Lipinski definition) is 2. The Morgan fingerprint density at radius 2 is 2.29 bits per heavy atom. The molecule has 1 aromatic rings. The molecule has 0 aliphatic heterocycles. The molecule has 0 radical (unpaired) electrons. The van der Waals surface area contributed by atoms with Crippen LogP contribution in [0.2, 0.25) is 0 Å². The van der Waals surface area contributed by atoms with E-state index in [0.717, 1.165) is 11.7 Å². The van der Waals surface area contributed by atoms with Crippen LogP contribution in [0.15, 0.2) is 17.6 Å². The van der Waals surface area contributed by atoms with Crippen molar-refractivity contribution >= 4 is 11.8 Å². The van der Waals surface area contributed by atoms with E-state index in [1.54, 1.807) is 18.0 Å². The van der Waals surface area contributed by atoms with Crippen molar-refractivity contribution < 1.29 is 0 Å². The summed E-state index contributed by atoms with van der Waals surface area (Å²) in [6, 6.07) is 0. The van der Waals surface area contributed by atoms with Gasteiger partial charge in [-0.25, -0.2) is 4.98 Å². The number of thioether (sulfide) groups is 1. The predicted molar refractivity (Wildman–Crippen MR) is 61.7 cm³/mol. The van der Waals surface area contributed by atoms with Gasteiger partial charge in [-0.1, -0.05) is 18.7 Å². The highest BCUT2D eigenvalue weighted by atomic mass is 32.2. The van der Waals surface area contributed by atoms with Gasteiger partial charge in [0, 0.05) is 29.7 Å². The van der Waals surface area contributed by atoms with Gasteiger partial charge >= 0.3 is 0 Å². The average molecular weight is 213 g/mol. The van der Waals surface area contributed by atoms with E-state index in [1.807, 2.05) is 6.20 Å². The molecule has 2 N–H and O–H groups in total. The van der Waals surface area contributed by atoms with Gasteiger partial charge in [0.05, 0.1) is 0 Å². The number of aromatic nitrogens is 2. The monoisotopic (exact) mass is 213 g/mol. The van der Waals surface area contributed by atoms with Gasteiger partial charge < -0.3 is 10.3 Å². The average Bonchev–Trinajstić information content (AvgIpc) is 2.52. The predicted octanol–water partition coefficient (Wildman–Crippen LogP) is 2.28. The van der Waals surface area contributed by atoms with E-state index in [1.165, 1.54) is 0 Å². The number of imidazole rings is 1. The lowest BCUT2D eigenvalue weighted by atomic mass is 10.1. The van der Waals surface area contributed by atoms with Crippen LogP contribution in [0.4, 0.5) is 0 Å². The van der Waals surface area contributed by atoms with E-state index in [2.05, 4.69) is 43.0 Å². The lowest BCUT2D eigenvalue weighted by molar-refractivity contribution is 0.429. The van der Waals surface area contributed by atoms with Gasteiger partial charge in [0.2, 0.25) is 0 Å². The highest BCUT2D eigenvalue weighted by molar-refractivity contribution is 7.99. The van der Waals surface area contributed by atoms with Crippen molar-refractivity contribution in [1.29, 1.82) is 0 Å². The van der Waals surface area contributed by atoms with Gasteiger partial charge in [-0.3, -0.25) is 0 Å². The van der Waals surface area contributed by atoms with Crippen molar-refractivity contribution in [3.63, 3.8) is 0 Å². The molecule has 1 aromatic heterocycles. The van der Waals surface area contributed by atoms with Crippen molar-refractivity contribution in [2.75, 3.05) is 6.54 Å². The van der Waals surface area contributed by atoms with E-state index >= 15 is 0 Å². The van der Waals surface area contributed by atoms with Crippen LogP contribution in [-0.2, 0) is 0 Å². The number of H-pyrrole nitrogens is 1. The molecule has 3 nitrogen and oxygen atoms in total. The van der Waals surface area contributed by atoms with Crippen molar-refractivity contribution in [1.82, 2.24) is 15.3 Å². The summed E-state index contributed by atoms with van der Waals surface area (Å²) >= 11 is 1.76. The zero-order valence-electron chi connectivity index (χ0n) is 9.29. The second-order valence-electron chi connectivity index (χ2n) is 4.45. The van der Waals surface area contributed by atoms with Crippen LogP contribution in [-0.4, -0.2) is 27.3 Å². The minimum atomic E-state index is 0.192. The second kappa shape index (κ2) is 4.84. The minimum Gasteiger partial charge on any atom is -0.340 e. The SMILES string of the molecule is CC(CNC(C)(C)C)Sc1ncc[nH]1. The third-order valence-corrected chi connectivity index (χ3v) is 2.72. The summed E-state index contributed by atoms with van der Waals surface area (Å²) in [5.74, 6) is 0. The minimum absolute atomic E-state index is 0.192. The van der Waals surface area contributed by atoms with Crippen molar-refractivity contribution in [2.45, 2.75) is 43.6 Å². The first-order chi connectivity index (χ1) is 6.47. The smallest absolute Gasteiger partial charge is 0.165 e. The Balaban J connectivity index is 2.26. The van der Waals surface area contributed by atoms with Gasteiger partial charge in [-0.2, -0.15) is 0 Å². The molecular formula is C10H19N3S. The summed E-state index contributed by atoms with van der Waals surface area (Å²) < 4.78 is 0. The zero-order valence-corrected chi connectivity index (χ0v) is 10.1. The first-order valence-electron chi connectivity index (χ1n) is 4.88. The summed E-state index contributed by atoms with van der Waals surface area (Å²) in [4.78, 5) is 7.27. The molecule has 0 saturated heterocycles. The summed E-state index contributed by atoms with van der Waals surface area (Å²) in [5, 5.41) is 4.99. The molecule has 4 heteroatoms. The molecule has 1 atom stereocenters. The maximum atomic E-state index is 4.18. The highest BCUT2D eigenvalue weighted by Gasteiger charge is 2.12. The normalized spacial score (nSPS) is 14.3. The molecule has 1 heterocycles. The van der Waals surface area contributed by atoms with E-state index in [0.29, 0.717) is 5.25 Å². The Morgan fingerprint density at radius 1 is 1.57 bits per heavy atom. The van der Waals surface area contributed by atoms with Crippen LogP contribution in [0.5, 0.6) is 0 Å². The first-order valence-corrected chi connectivity index (χ1v) is 5.76. The van der Waals surface area contributed by atoms with Crippen molar-refractivity contribution in [2.24, 2.45) is 0 Å². The molecule has 0 amide bonds. The summed E-state index contributed by atoms with van der Waals surface area (Å²) in [6.07, 6.45) is 3.64. The van der Waals surface area contributed by atoms with E-state index in [-0.39, 0.29) is 5.54 Å². The van der Waals surface area contributed by atoms with Crippen LogP contribution in [0.25, 0.3) is 0 Å². The molecule has 14 heavy (non-hydrogen) atoms. The van der Waals surface area contributed by atoms with Crippen LogP contribution in [0.3, 0.4) is 0 Å². The fourth-order valence-electron chi connectivity index (χ4n) is 0.997. The van der Waals surface area contributed by atoms with Gasteiger partial charge in [0.25, 0.3) is 0 Å². The molecule has 80 valence electrons. The number of nitrogens with one attached hydrogen (secondary N) is 2. The molecule has 1 unspecified atom stereocenters. The van der Waals surface area contributed by atoms with Crippen LogP contribution >= 0.6 is 11.8 Å².